The second-order valence-electron chi connectivity index (χ2n) is 4.14. The third-order valence-electron chi connectivity index (χ3n) is 2.79. The van der Waals surface area contributed by atoms with Crippen LogP contribution in [0.4, 0.5) is 0 Å². The van der Waals surface area contributed by atoms with Gasteiger partial charge in [-0.1, -0.05) is 24.3 Å². The van der Waals surface area contributed by atoms with Gasteiger partial charge in [-0.2, -0.15) is 0 Å². The molecule has 0 saturated heterocycles. The number of allylic oxidation sites excluding steroid dienone is 3. The summed E-state index contributed by atoms with van der Waals surface area (Å²) in [6.45, 7) is 0.266. The van der Waals surface area contributed by atoms with Crippen molar-refractivity contribution < 1.29 is 14.3 Å². The molecule has 2 aromatic rings. The minimum atomic E-state index is -0.141. The summed E-state index contributed by atoms with van der Waals surface area (Å²) in [5.74, 6) is 1.36. The first-order valence-corrected chi connectivity index (χ1v) is 6.09. The maximum atomic E-state index is 11.6. The van der Waals surface area contributed by atoms with Gasteiger partial charge in [-0.15, -0.1) is 0 Å². The van der Waals surface area contributed by atoms with Crippen LogP contribution in [0, 0.1) is 0 Å². The minimum Gasteiger partial charge on any atom is -0.454 e. The first-order valence-electron chi connectivity index (χ1n) is 6.09. The number of aromatic nitrogens is 2. The fourth-order valence-corrected chi connectivity index (χ4v) is 1.80. The Kier molecular flexibility index (Phi) is 3.33. The molecule has 3 rings (SSSR count). The molecule has 20 heavy (non-hydrogen) atoms. The van der Waals surface area contributed by atoms with Gasteiger partial charge in [0.25, 0.3) is 5.91 Å². The molecule has 1 aromatic carbocycles. The Hall–Kier alpha value is -2.82. The maximum absolute atomic E-state index is 11.6. The Balaban J connectivity index is 1.64. The Labute approximate surface area is 115 Å². The van der Waals surface area contributed by atoms with Crippen molar-refractivity contribution >= 4 is 12.0 Å². The van der Waals surface area contributed by atoms with Crippen molar-refractivity contribution in [2.24, 2.45) is 0 Å². The van der Waals surface area contributed by atoms with Gasteiger partial charge in [0.2, 0.25) is 6.79 Å². The molecule has 0 bridgehead atoms. The Morgan fingerprint density at radius 2 is 2.15 bits per heavy atom. The molecule has 0 radical (unpaired) electrons. The topological polar surface area (TPSA) is 53.4 Å². The molecule has 5 nitrogen and oxygen atoms in total. The quantitative estimate of drug-likeness (QED) is 0.634. The summed E-state index contributed by atoms with van der Waals surface area (Å²) in [4.78, 5) is 15.5. The summed E-state index contributed by atoms with van der Waals surface area (Å²) in [6, 6.07) is 5.68. The number of ether oxygens (including phenoxy) is 2. The van der Waals surface area contributed by atoms with E-state index in [1.807, 2.05) is 24.3 Å². The molecule has 1 aromatic heterocycles. The number of hydrogen-bond donors (Lipinski definition) is 0. The van der Waals surface area contributed by atoms with Gasteiger partial charge in [0, 0.05) is 18.5 Å². The Morgan fingerprint density at radius 3 is 3.00 bits per heavy atom. The lowest BCUT2D eigenvalue weighted by Crippen LogP contribution is -2.03. The molecule has 0 spiro atoms. The van der Waals surface area contributed by atoms with Crippen LogP contribution in [0.15, 0.2) is 55.1 Å². The van der Waals surface area contributed by atoms with Crippen LogP contribution in [0.1, 0.15) is 10.4 Å². The van der Waals surface area contributed by atoms with E-state index in [1.54, 1.807) is 24.5 Å². The van der Waals surface area contributed by atoms with E-state index >= 15 is 0 Å². The van der Waals surface area contributed by atoms with Crippen LogP contribution in [-0.2, 0) is 0 Å². The summed E-state index contributed by atoms with van der Waals surface area (Å²) < 4.78 is 11.9. The molecule has 2 heterocycles. The van der Waals surface area contributed by atoms with Crippen molar-refractivity contribution in [2.45, 2.75) is 0 Å². The highest BCUT2D eigenvalue weighted by Gasteiger charge is 2.11. The van der Waals surface area contributed by atoms with Crippen molar-refractivity contribution in [1.82, 2.24) is 9.55 Å². The zero-order valence-corrected chi connectivity index (χ0v) is 10.6. The average molecular weight is 268 g/mol. The van der Waals surface area contributed by atoms with E-state index in [2.05, 4.69) is 4.98 Å². The molecule has 0 fully saturated rings. The molecule has 0 aliphatic carbocycles. The molecule has 100 valence electrons. The molecular formula is C15H12N2O3. The first kappa shape index (κ1) is 12.2. The van der Waals surface area contributed by atoms with E-state index in [4.69, 9.17) is 9.47 Å². The second-order valence-corrected chi connectivity index (χ2v) is 4.14. The van der Waals surface area contributed by atoms with Crippen molar-refractivity contribution in [3.05, 3.63) is 60.7 Å². The van der Waals surface area contributed by atoms with E-state index in [-0.39, 0.29) is 12.7 Å². The van der Waals surface area contributed by atoms with Crippen molar-refractivity contribution in [2.75, 3.05) is 6.79 Å². The molecule has 0 amide bonds. The fourth-order valence-electron chi connectivity index (χ4n) is 1.80. The number of fused-ring (bicyclic) bond motifs is 1. The summed E-state index contributed by atoms with van der Waals surface area (Å²) in [5.41, 5.74) is 0.981. The van der Waals surface area contributed by atoms with Gasteiger partial charge in [-0.25, -0.2) is 4.98 Å². The van der Waals surface area contributed by atoms with Crippen LogP contribution in [0.25, 0.3) is 6.08 Å². The zero-order chi connectivity index (χ0) is 13.8. The highest BCUT2D eigenvalue weighted by Crippen LogP contribution is 2.32. The van der Waals surface area contributed by atoms with Crippen molar-refractivity contribution in [1.29, 1.82) is 0 Å². The predicted molar refractivity (Wildman–Crippen MR) is 73.6 cm³/mol. The lowest BCUT2D eigenvalue weighted by Gasteiger charge is -1.96. The summed E-state index contributed by atoms with van der Waals surface area (Å²) in [7, 11) is 0. The van der Waals surface area contributed by atoms with Gasteiger partial charge in [-0.05, 0) is 17.7 Å². The van der Waals surface area contributed by atoms with Gasteiger partial charge >= 0.3 is 0 Å². The van der Waals surface area contributed by atoms with Crippen LogP contribution >= 0.6 is 0 Å². The van der Waals surface area contributed by atoms with Gasteiger partial charge in [-0.3, -0.25) is 9.36 Å². The fraction of sp³-hybridized carbons (Fsp3) is 0.0667. The largest absolute Gasteiger partial charge is 0.454 e. The van der Waals surface area contributed by atoms with Gasteiger partial charge in [0.15, 0.2) is 11.5 Å². The molecule has 1 aliphatic heterocycles. The van der Waals surface area contributed by atoms with Gasteiger partial charge in [0.1, 0.15) is 6.33 Å². The van der Waals surface area contributed by atoms with Crippen LogP contribution in [0.2, 0.25) is 0 Å². The normalized spacial score (nSPS) is 13.4. The third-order valence-corrected chi connectivity index (χ3v) is 2.79. The molecule has 1 aliphatic rings. The summed E-state index contributed by atoms with van der Waals surface area (Å²) >= 11 is 0. The standard InChI is InChI=1S/C15H12N2O3/c18-15(17-8-7-16-10-17)4-2-1-3-12-5-6-13-14(9-12)20-11-19-13/h1-10H,11H2/b3-1+,4-2+. The van der Waals surface area contributed by atoms with Gasteiger partial charge in [0.05, 0.1) is 0 Å². The zero-order valence-electron chi connectivity index (χ0n) is 10.6. The van der Waals surface area contributed by atoms with Crippen LogP contribution < -0.4 is 9.47 Å². The molecule has 5 heteroatoms. The molecule has 0 N–H and O–H groups in total. The monoisotopic (exact) mass is 268 g/mol. The predicted octanol–water partition coefficient (Wildman–Crippen LogP) is 2.52. The lowest BCUT2D eigenvalue weighted by molar-refractivity contribution is 0.0968. The number of rotatable bonds is 3. The highest BCUT2D eigenvalue weighted by atomic mass is 16.7. The third kappa shape index (κ3) is 2.61. The van der Waals surface area contributed by atoms with E-state index in [9.17, 15) is 4.79 Å². The summed E-state index contributed by atoms with van der Waals surface area (Å²) in [6.07, 6.45) is 11.5. The lowest BCUT2D eigenvalue weighted by atomic mass is 10.2. The van der Waals surface area contributed by atoms with E-state index in [0.29, 0.717) is 0 Å². The molecule has 0 saturated carbocycles. The van der Waals surface area contributed by atoms with Crippen LogP contribution in [0.3, 0.4) is 0 Å². The van der Waals surface area contributed by atoms with Crippen molar-refractivity contribution in [3.63, 3.8) is 0 Å². The Morgan fingerprint density at radius 1 is 1.25 bits per heavy atom. The number of imidazole rings is 1. The van der Waals surface area contributed by atoms with E-state index < -0.39 is 0 Å². The smallest absolute Gasteiger partial charge is 0.255 e. The first-order chi connectivity index (χ1) is 9.83. The number of hydrogen-bond acceptors (Lipinski definition) is 4. The molecular weight excluding hydrogens is 256 g/mol. The van der Waals surface area contributed by atoms with Crippen molar-refractivity contribution in [3.8, 4) is 11.5 Å². The maximum Gasteiger partial charge on any atom is 0.255 e. The van der Waals surface area contributed by atoms with Gasteiger partial charge < -0.3 is 9.47 Å². The molecule has 0 atom stereocenters. The van der Waals surface area contributed by atoms with Crippen LogP contribution in [0.5, 0.6) is 11.5 Å². The van der Waals surface area contributed by atoms with Crippen LogP contribution in [-0.4, -0.2) is 22.3 Å². The number of benzene rings is 1. The average Bonchev–Trinajstić information content (AvgIpc) is 3.13. The number of nitrogens with zero attached hydrogens (tertiary/aromatic N) is 2. The molecule has 0 unspecified atom stereocenters. The second kappa shape index (κ2) is 5.44. The number of carbonyl (C=O) groups is 1. The minimum absolute atomic E-state index is 0.141. The van der Waals surface area contributed by atoms with E-state index in [0.717, 1.165) is 17.1 Å². The number of carbonyl (C=O) groups excluding carboxylic acids is 1. The van der Waals surface area contributed by atoms with E-state index in [1.165, 1.54) is 17.0 Å². The summed E-state index contributed by atoms with van der Waals surface area (Å²) in [5, 5.41) is 0. The highest BCUT2D eigenvalue weighted by molar-refractivity contribution is 5.90. The SMILES string of the molecule is O=C(/C=C/C=C/c1ccc2c(c1)OCO2)n1ccnc1. The Bertz CT molecular complexity index is 672.